The zero-order valence-corrected chi connectivity index (χ0v) is 39.2. The number of anilines is 2. The van der Waals surface area contributed by atoms with E-state index in [1.54, 1.807) is 0 Å². The molecule has 1 aliphatic carbocycles. The number of hydrogen-bond acceptors (Lipinski definition) is 3. The molecule has 14 rings (SSSR count). The summed E-state index contributed by atoms with van der Waals surface area (Å²) in [6.45, 7) is 18.8. The molecule has 64 heavy (non-hydrogen) atoms. The number of hydrogen-bond donors (Lipinski definition) is 0. The Balaban J connectivity index is 1.23. The summed E-state index contributed by atoms with van der Waals surface area (Å²) in [5.74, 6) is 0. The van der Waals surface area contributed by atoms with Gasteiger partial charge in [0, 0.05) is 79.2 Å². The molecule has 0 bridgehead atoms. The SMILES string of the molecule is CC(C)(C)c1ccc(N2B3c4cc5sc6ccccc6c5cc4-n4c5ccc(C(C)(C)C)cc5c5c6sc7ccccc7c6c(c3c54)-c3cc4c(cc32)C(C)(C)c2ccccc2-4)cc1. The number of aromatic nitrogens is 1. The van der Waals surface area contributed by atoms with Gasteiger partial charge in [0.25, 0.3) is 0 Å². The van der Waals surface area contributed by atoms with E-state index in [1.165, 1.54) is 135 Å². The van der Waals surface area contributed by atoms with Gasteiger partial charge in [-0.1, -0.05) is 134 Å². The summed E-state index contributed by atoms with van der Waals surface area (Å²) in [7, 11) is 0. The van der Waals surface area contributed by atoms with Crippen molar-refractivity contribution in [1.82, 2.24) is 4.57 Å². The van der Waals surface area contributed by atoms with E-state index in [-0.39, 0.29) is 23.1 Å². The molecule has 11 aromatic rings. The van der Waals surface area contributed by atoms with Gasteiger partial charge in [-0.15, -0.1) is 22.7 Å². The molecule has 0 amide bonds. The minimum Gasteiger partial charge on any atom is -0.376 e. The monoisotopic (exact) mass is 858 g/mol. The average molecular weight is 859 g/mol. The molecule has 0 saturated heterocycles. The lowest BCUT2D eigenvalue weighted by molar-refractivity contribution is 0.590. The van der Waals surface area contributed by atoms with Crippen LogP contribution in [0.5, 0.6) is 0 Å². The summed E-state index contributed by atoms with van der Waals surface area (Å²) >= 11 is 3.91. The van der Waals surface area contributed by atoms with E-state index >= 15 is 0 Å². The Morgan fingerprint density at radius 3 is 1.97 bits per heavy atom. The second kappa shape index (κ2) is 12.1. The van der Waals surface area contributed by atoms with Crippen LogP contribution in [-0.2, 0) is 16.2 Å². The molecule has 0 spiro atoms. The lowest BCUT2D eigenvalue weighted by atomic mass is 9.43. The van der Waals surface area contributed by atoms with E-state index in [4.69, 9.17) is 0 Å². The Bertz CT molecular complexity index is 3900. The van der Waals surface area contributed by atoms with Gasteiger partial charge >= 0.3 is 6.85 Å². The third-order valence-corrected chi connectivity index (χ3v) is 17.6. The molecule has 0 N–H and O–H groups in total. The maximum Gasteiger partial charge on any atom is 0.333 e. The van der Waals surface area contributed by atoms with Crippen LogP contribution >= 0.6 is 22.7 Å². The molecule has 5 heterocycles. The molecule has 2 nitrogen and oxygen atoms in total. The summed E-state index contributed by atoms with van der Waals surface area (Å²) in [6.07, 6.45) is 0. The van der Waals surface area contributed by atoms with Crippen LogP contribution in [0.3, 0.4) is 0 Å². The van der Waals surface area contributed by atoms with Crippen molar-refractivity contribution in [3.05, 3.63) is 162 Å². The predicted octanol–water partition coefficient (Wildman–Crippen LogP) is 15.7. The third-order valence-electron chi connectivity index (χ3n) is 15.3. The molecule has 3 aromatic heterocycles. The van der Waals surface area contributed by atoms with Gasteiger partial charge in [-0.3, -0.25) is 0 Å². The Morgan fingerprint density at radius 1 is 0.516 bits per heavy atom. The van der Waals surface area contributed by atoms with Gasteiger partial charge in [0.15, 0.2) is 0 Å². The first-order valence-electron chi connectivity index (χ1n) is 22.9. The first-order chi connectivity index (χ1) is 30.8. The normalized spacial score (nSPS) is 14.9. The smallest absolute Gasteiger partial charge is 0.333 e. The lowest BCUT2D eigenvalue weighted by Gasteiger charge is -2.43. The van der Waals surface area contributed by atoms with Crippen LogP contribution < -0.4 is 15.7 Å². The Hall–Kier alpha value is -6.14. The van der Waals surface area contributed by atoms with Gasteiger partial charge < -0.3 is 9.38 Å². The molecular formula is C59H47BN2S2. The molecular weight excluding hydrogens is 812 g/mol. The fraction of sp³-hybridized carbons (Fsp3) is 0.186. The molecule has 0 fully saturated rings. The van der Waals surface area contributed by atoms with Crippen molar-refractivity contribution in [2.75, 3.05) is 4.81 Å². The maximum absolute atomic E-state index is 2.75. The summed E-state index contributed by atoms with van der Waals surface area (Å²) < 4.78 is 8.10. The van der Waals surface area contributed by atoms with Crippen molar-refractivity contribution in [3.8, 4) is 27.9 Å². The molecule has 8 aromatic carbocycles. The zero-order chi connectivity index (χ0) is 43.3. The van der Waals surface area contributed by atoms with Gasteiger partial charge in [-0.25, -0.2) is 0 Å². The molecule has 5 heteroatoms. The minimum atomic E-state index is -0.151. The van der Waals surface area contributed by atoms with Crippen LogP contribution in [0.2, 0.25) is 0 Å². The highest BCUT2D eigenvalue weighted by atomic mass is 32.1. The van der Waals surface area contributed by atoms with Crippen LogP contribution in [0.15, 0.2) is 140 Å². The Morgan fingerprint density at radius 2 is 1.20 bits per heavy atom. The highest BCUT2D eigenvalue weighted by Crippen LogP contribution is 2.57. The third kappa shape index (κ3) is 4.66. The van der Waals surface area contributed by atoms with Crippen molar-refractivity contribution in [2.45, 2.75) is 71.6 Å². The molecule has 0 unspecified atom stereocenters. The van der Waals surface area contributed by atoms with Crippen molar-refractivity contribution < 1.29 is 0 Å². The van der Waals surface area contributed by atoms with Gasteiger partial charge in [0.2, 0.25) is 0 Å². The lowest BCUT2D eigenvalue weighted by Crippen LogP contribution is -2.60. The van der Waals surface area contributed by atoms with E-state index in [0.29, 0.717) is 0 Å². The van der Waals surface area contributed by atoms with E-state index in [9.17, 15) is 0 Å². The van der Waals surface area contributed by atoms with Gasteiger partial charge in [0.05, 0.1) is 11.0 Å². The van der Waals surface area contributed by atoms with Crippen molar-refractivity contribution >= 4 is 114 Å². The quantitative estimate of drug-likeness (QED) is 0.149. The Kier molecular flexibility index (Phi) is 7.07. The summed E-state index contributed by atoms with van der Waals surface area (Å²) in [6, 6.07) is 54.6. The van der Waals surface area contributed by atoms with Crippen LogP contribution in [-0.4, -0.2) is 11.4 Å². The highest BCUT2D eigenvalue weighted by molar-refractivity contribution is 7.27. The molecule has 308 valence electrons. The van der Waals surface area contributed by atoms with Crippen LogP contribution in [0.1, 0.15) is 77.6 Å². The standard InChI is InChI=1S/C59H47BN2S2/c1-57(2,3)32-21-24-34(25-22-32)62-46-30-43-38(35-15-9-12-18-42(35)59(43,7)8)28-41(46)51-52-37-17-11-14-20-49(37)64-56(52)53-40-27-33(58(4,5)6)23-26-45(40)61-47-29-39-36-16-10-13-19-48(36)63-50(39)31-44(47)60(62)54(51)55(53)61/h9-31H,1-8H3. The summed E-state index contributed by atoms with van der Waals surface area (Å²) in [5, 5.41) is 8.15. The summed E-state index contributed by atoms with van der Waals surface area (Å²) in [5.41, 5.74) is 20.1. The van der Waals surface area contributed by atoms with Gasteiger partial charge in [-0.2, -0.15) is 0 Å². The van der Waals surface area contributed by atoms with E-state index in [1.807, 2.05) is 22.7 Å². The molecule has 0 saturated carbocycles. The molecule has 2 aliphatic heterocycles. The van der Waals surface area contributed by atoms with Crippen molar-refractivity contribution in [1.29, 1.82) is 0 Å². The highest BCUT2D eigenvalue weighted by Gasteiger charge is 2.47. The second-order valence-electron chi connectivity index (χ2n) is 21.3. The van der Waals surface area contributed by atoms with Gasteiger partial charge in [0.1, 0.15) is 0 Å². The average Bonchev–Trinajstić information content (AvgIpc) is 4.01. The Labute approximate surface area is 382 Å². The first kappa shape index (κ1) is 37.3. The fourth-order valence-corrected chi connectivity index (χ4v) is 14.5. The van der Waals surface area contributed by atoms with Crippen LogP contribution in [0.4, 0.5) is 11.4 Å². The molecule has 0 atom stereocenters. The van der Waals surface area contributed by atoms with E-state index < -0.39 is 0 Å². The first-order valence-corrected chi connectivity index (χ1v) is 24.5. The second-order valence-corrected chi connectivity index (χ2v) is 23.4. The largest absolute Gasteiger partial charge is 0.376 e. The van der Waals surface area contributed by atoms with Crippen LogP contribution in [0.25, 0.3) is 90.1 Å². The molecule has 0 radical (unpaired) electrons. The van der Waals surface area contributed by atoms with Crippen molar-refractivity contribution in [3.63, 3.8) is 0 Å². The number of thiophene rings is 2. The number of nitrogens with zero attached hydrogens (tertiary/aromatic N) is 2. The van der Waals surface area contributed by atoms with E-state index in [0.717, 1.165) is 0 Å². The number of rotatable bonds is 1. The number of fused-ring (bicyclic) bond motifs is 19. The number of benzene rings is 8. The van der Waals surface area contributed by atoms with E-state index in [2.05, 4.69) is 204 Å². The maximum atomic E-state index is 2.75. The predicted molar refractivity (Wildman–Crippen MR) is 281 cm³/mol. The zero-order valence-electron chi connectivity index (χ0n) is 37.6. The molecule has 3 aliphatic rings. The van der Waals surface area contributed by atoms with Crippen molar-refractivity contribution in [2.24, 2.45) is 0 Å². The summed E-state index contributed by atoms with van der Waals surface area (Å²) in [4.78, 5) is 2.75. The topological polar surface area (TPSA) is 8.17 Å². The van der Waals surface area contributed by atoms with Gasteiger partial charge in [-0.05, 0) is 121 Å². The minimum absolute atomic E-state index is 0.00210. The van der Waals surface area contributed by atoms with Crippen LogP contribution in [0, 0.1) is 0 Å². The fourth-order valence-electron chi connectivity index (χ4n) is 12.1.